The Bertz CT molecular complexity index is 884. The summed E-state index contributed by atoms with van der Waals surface area (Å²) in [5.74, 6) is 0.306. The molecule has 0 atom stereocenters. The van der Waals surface area contributed by atoms with Crippen molar-refractivity contribution < 1.29 is 19.0 Å². The zero-order chi connectivity index (χ0) is 20.6. The predicted octanol–water partition coefficient (Wildman–Crippen LogP) is 3.37. The minimum Gasteiger partial charge on any atom is -0.488 e. The number of aliphatic hydroxyl groups is 1. The van der Waals surface area contributed by atoms with Gasteiger partial charge in [-0.25, -0.2) is 14.4 Å². The number of nitrogens with zero attached hydrogens (tertiary/aromatic N) is 2. The molecule has 6 nitrogen and oxygen atoms in total. The third-order valence-corrected chi connectivity index (χ3v) is 6.37. The topological polar surface area (TPSA) is 84.3 Å². The van der Waals surface area contributed by atoms with Crippen molar-refractivity contribution in [3.05, 3.63) is 30.5 Å². The fourth-order valence-electron chi connectivity index (χ4n) is 4.44. The number of amides is 1. The summed E-state index contributed by atoms with van der Waals surface area (Å²) in [5, 5.41) is 13.9. The number of nitrogens with one attached hydrogen (secondary N) is 1. The molecule has 0 spiro atoms. The molecule has 0 radical (unpaired) electrons. The lowest BCUT2D eigenvalue weighted by atomic mass is 9.76. The van der Waals surface area contributed by atoms with Crippen molar-refractivity contribution >= 4 is 16.8 Å². The maximum absolute atomic E-state index is 13.8. The van der Waals surface area contributed by atoms with Gasteiger partial charge in [0.05, 0.1) is 5.60 Å². The fraction of sp³-hybridized carbons (Fsp3) is 0.591. The summed E-state index contributed by atoms with van der Waals surface area (Å²) >= 11 is 0. The number of fused-ring (bicyclic) bond motifs is 1. The summed E-state index contributed by atoms with van der Waals surface area (Å²) in [6.45, 7) is 3.72. The number of ether oxygens (including phenoxy) is 1. The van der Waals surface area contributed by atoms with Crippen LogP contribution in [0.1, 0.15) is 52.4 Å². The normalized spacial score (nSPS) is 27.3. The number of halogens is 1. The molecule has 2 N–H and O–H groups in total. The van der Waals surface area contributed by atoms with Crippen LogP contribution in [0.5, 0.6) is 5.75 Å². The van der Waals surface area contributed by atoms with Crippen LogP contribution in [0.4, 0.5) is 4.39 Å². The Morgan fingerprint density at radius 2 is 1.97 bits per heavy atom. The van der Waals surface area contributed by atoms with Crippen molar-refractivity contribution in [2.45, 2.75) is 70.1 Å². The standard InChI is InChI=1S/C22H28FN3O3/c1-22(2,28)15-3-5-17(6-4-15)26-21(27)13-8-18(9-13)29-19-10-16(23)7-14-11-24-12-25-20(14)19/h7,10-13,15,17-18,28H,3-6,8-9H2,1-2H3,(H,26,27). The highest BCUT2D eigenvalue weighted by Gasteiger charge is 2.38. The molecule has 0 aliphatic heterocycles. The monoisotopic (exact) mass is 401 g/mol. The molecule has 1 heterocycles. The molecule has 7 heteroatoms. The number of benzene rings is 1. The first-order valence-electron chi connectivity index (χ1n) is 10.4. The Labute approximate surface area is 169 Å². The third-order valence-electron chi connectivity index (χ3n) is 6.37. The van der Waals surface area contributed by atoms with E-state index in [1.807, 2.05) is 13.8 Å². The highest BCUT2D eigenvalue weighted by molar-refractivity contribution is 5.84. The number of hydrogen-bond donors (Lipinski definition) is 2. The van der Waals surface area contributed by atoms with Crippen LogP contribution in [0.25, 0.3) is 10.9 Å². The summed E-state index contributed by atoms with van der Waals surface area (Å²) in [6, 6.07) is 2.90. The lowest BCUT2D eigenvalue weighted by Gasteiger charge is -2.38. The van der Waals surface area contributed by atoms with Crippen molar-refractivity contribution in [3.8, 4) is 5.75 Å². The smallest absolute Gasteiger partial charge is 0.223 e. The van der Waals surface area contributed by atoms with E-state index in [1.54, 1.807) is 6.20 Å². The number of hydrogen-bond acceptors (Lipinski definition) is 5. The van der Waals surface area contributed by atoms with Gasteiger partial charge in [-0.05, 0) is 64.4 Å². The molecule has 2 fully saturated rings. The summed E-state index contributed by atoms with van der Waals surface area (Å²) in [4.78, 5) is 20.6. The van der Waals surface area contributed by atoms with E-state index in [1.165, 1.54) is 18.5 Å². The molecule has 0 saturated heterocycles. The summed E-state index contributed by atoms with van der Waals surface area (Å²) < 4.78 is 19.7. The molecule has 2 saturated carbocycles. The third kappa shape index (κ3) is 4.50. The number of aromatic nitrogens is 2. The summed E-state index contributed by atoms with van der Waals surface area (Å²) in [7, 11) is 0. The molecule has 0 bridgehead atoms. The average molecular weight is 401 g/mol. The van der Waals surface area contributed by atoms with Crippen molar-refractivity contribution in [1.82, 2.24) is 15.3 Å². The minimum atomic E-state index is -0.653. The lowest BCUT2D eigenvalue weighted by molar-refractivity contribution is -0.131. The average Bonchev–Trinajstić information content (AvgIpc) is 2.63. The lowest BCUT2D eigenvalue weighted by Crippen LogP contribution is -2.48. The van der Waals surface area contributed by atoms with E-state index in [4.69, 9.17) is 4.74 Å². The Kier molecular flexibility index (Phi) is 5.42. The van der Waals surface area contributed by atoms with Gasteiger partial charge in [0.1, 0.15) is 29.5 Å². The summed E-state index contributed by atoms with van der Waals surface area (Å²) in [5.41, 5.74) is -0.0719. The number of rotatable bonds is 5. The zero-order valence-electron chi connectivity index (χ0n) is 16.9. The maximum atomic E-state index is 13.8. The fourth-order valence-corrected chi connectivity index (χ4v) is 4.44. The van der Waals surface area contributed by atoms with E-state index in [9.17, 15) is 14.3 Å². The van der Waals surface area contributed by atoms with Gasteiger partial charge in [-0.2, -0.15) is 0 Å². The Hall–Kier alpha value is -2.28. The molecule has 1 aromatic heterocycles. The van der Waals surface area contributed by atoms with Gasteiger partial charge in [-0.1, -0.05) is 0 Å². The molecule has 2 aliphatic rings. The first-order chi connectivity index (χ1) is 13.8. The van der Waals surface area contributed by atoms with E-state index in [0.717, 1.165) is 25.7 Å². The van der Waals surface area contributed by atoms with Gasteiger partial charge < -0.3 is 15.2 Å². The Morgan fingerprint density at radius 1 is 1.24 bits per heavy atom. The van der Waals surface area contributed by atoms with Crippen molar-refractivity contribution in [3.63, 3.8) is 0 Å². The quantitative estimate of drug-likeness (QED) is 0.802. The highest BCUT2D eigenvalue weighted by Crippen LogP contribution is 2.36. The number of carbonyl (C=O) groups excluding carboxylic acids is 1. The van der Waals surface area contributed by atoms with E-state index in [-0.39, 0.29) is 24.0 Å². The maximum Gasteiger partial charge on any atom is 0.223 e. The van der Waals surface area contributed by atoms with Gasteiger partial charge >= 0.3 is 0 Å². The Balaban J connectivity index is 1.27. The molecule has 1 aromatic carbocycles. The van der Waals surface area contributed by atoms with E-state index < -0.39 is 11.4 Å². The molecule has 0 unspecified atom stereocenters. The molecule has 4 rings (SSSR count). The van der Waals surface area contributed by atoms with Crippen LogP contribution in [-0.2, 0) is 4.79 Å². The van der Waals surface area contributed by atoms with Gasteiger partial charge in [0.2, 0.25) is 5.91 Å². The van der Waals surface area contributed by atoms with Crippen molar-refractivity contribution in [2.24, 2.45) is 11.8 Å². The van der Waals surface area contributed by atoms with Crippen molar-refractivity contribution in [1.29, 1.82) is 0 Å². The van der Waals surface area contributed by atoms with Crippen LogP contribution in [0.2, 0.25) is 0 Å². The molecular formula is C22H28FN3O3. The van der Waals surface area contributed by atoms with E-state index in [2.05, 4.69) is 15.3 Å². The molecule has 2 aromatic rings. The van der Waals surface area contributed by atoms with Crippen LogP contribution < -0.4 is 10.1 Å². The minimum absolute atomic E-state index is 0.0681. The first kappa shape index (κ1) is 20.0. The van der Waals surface area contributed by atoms with E-state index in [0.29, 0.717) is 35.4 Å². The second kappa shape index (κ2) is 7.86. The molecule has 1 amide bonds. The van der Waals surface area contributed by atoms with Crippen LogP contribution in [-0.4, -0.2) is 38.7 Å². The van der Waals surface area contributed by atoms with Crippen LogP contribution in [0, 0.1) is 17.7 Å². The molecule has 29 heavy (non-hydrogen) atoms. The molecular weight excluding hydrogens is 373 g/mol. The van der Waals surface area contributed by atoms with Crippen LogP contribution in [0.3, 0.4) is 0 Å². The van der Waals surface area contributed by atoms with Gasteiger partial charge in [-0.3, -0.25) is 4.79 Å². The van der Waals surface area contributed by atoms with E-state index >= 15 is 0 Å². The first-order valence-corrected chi connectivity index (χ1v) is 10.4. The largest absolute Gasteiger partial charge is 0.488 e. The van der Waals surface area contributed by atoms with Gasteiger partial charge in [-0.15, -0.1) is 0 Å². The Morgan fingerprint density at radius 3 is 2.66 bits per heavy atom. The summed E-state index contributed by atoms with van der Waals surface area (Å²) in [6.07, 6.45) is 7.76. The van der Waals surface area contributed by atoms with Crippen LogP contribution in [0.15, 0.2) is 24.7 Å². The van der Waals surface area contributed by atoms with Gasteiger partial charge in [0.25, 0.3) is 0 Å². The SMILES string of the molecule is CC(C)(O)C1CCC(NC(=O)C2CC(Oc3cc(F)cc4cncnc34)C2)CC1. The highest BCUT2D eigenvalue weighted by atomic mass is 19.1. The zero-order valence-corrected chi connectivity index (χ0v) is 16.9. The van der Waals surface area contributed by atoms with Crippen molar-refractivity contribution in [2.75, 3.05) is 0 Å². The second-order valence-electron chi connectivity index (χ2n) is 8.98. The van der Waals surface area contributed by atoms with Gasteiger partial charge in [0.15, 0.2) is 0 Å². The predicted molar refractivity (Wildman–Crippen MR) is 107 cm³/mol. The van der Waals surface area contributed by atoms with Gasteiger partial charge in [0, 0.05) is 29.6 Å². The molecule has 156 valence electrons. The van der Waals surface area contributed by atoms with Crippen LogP contribution >= 0.6 is 0 Å². The molecule has 2 aliphatic carbocycles. The number of carbonyl (C=O) groups is 1. The second-order valence-corrected chi connectivity index (χ2v) is 8.98.